The highest BCUT2D eigenvalue weighted by Gasteiger charge is 2.42. The smallest absolute Gasteiger partial charge is 0.407 e. The minimum absolute atomic E-state index is 0.0991. The van der Waals surface area contributed by atoms with Gasteiger partial charge in [-0.1, -0.05) is 191 Å². The molecule has 6 heteroatoms. The lowest BCUT2D eigenvalue weighted by Gasteiger charge is -2.36. The van der Waals surface area contributed by atoms with Crippen LogP contribution in [0.1, 0.15) is 129 Å². The summed E-state index contributed by atoms with van der Waals surface area (Å²) in [5.41, 5.74) is 6.65. The number of fused-ring (bicyclic) bond motifs is 3. The van der Waals surface area contributed by atoms with Gasteiger partial charge in [0.05, 0.1) is 12.5 Å². The molecule has 0 aliphatic heterocycles. The minimum Gasteiger partial charge on any atom is -0.449 e. The molecule has 1 amide bonds. The second-order valence-electron chi connectivity index (χ2n) is 15.9. The molecule has 1 fully saturated rings. The van der Waals surface area contributed by atoms with Crippen molar-refractivity contribution in [3.63, 3.8) is 0 Å². The van der Waals surface area contributed by atoms with Gasteiger partial charge in [-0.05, 0) is 52.6 Å². The lowest BCUT2D eigenvalue weighted by molar-refractivity contribution is -0.154. The predicted molar refractivity (Wildman–Crippen MR) is 234 cm³/mol. The molecule has 298 valence electrons. The molecule has 5 aromatic rings. The van der Waals surface area contributed by atoms with E-state index in [-0.39, 0.29) is 25.4 Å². The van der Waals surface area contributed by atoms with E-state index in [4.69, 9.17) is 27.5 Å². The van der Waals surface area contributed by atoms with Crippen molar-refractivity contribution in [3.05, 3.63) is 166 Å². The van der Waals surface area contributed by atoms with Crippen LogP contribution in [0.2, 0.25) is 5.02 Å². The number of esters is 1. The van der Waals surface area contributed by atoms with E-state index in [1.807, 2.05) is 78.9 Å². The minimum atomic E-state index is -1.38. The molecular formula is C52H54ClNO4. The van der Waals surface area contributed by atoms with Crippen molar-refractivity contribution in [2.24, 2.45) is 0 Å². The summed E-state index contributed by atoms with van der Waals surface area (Å²) in [6.07, 6.45) is 19.2. The molecule has 0 aromatic heterocycles. The average molecular weight is 792 g/mol. The number of rotatable bonds is 11. The molecule has 2 aliphatic rings. The van der Waals surface area contributed by atoms with Gasteiger partial charge in [0.1, 0.15) is 6.61 Å². The zero-order valence-corrected chi connectivity index (χ0v) is 34.1. The first kappa shape index (κ1) is 40.9. The van der Waals surface area contributed by atoms with Gasteiger partial charge in [0.2, 0.25) is 0 Å². The SMILES string of the molecule is C#CC[C@H](CC(=O)OC(c1ccccc1)(c1ccc(C2CCCCCCCCCCC2)cc1)c1ccccc1Cl)NC(=O)OCC1c2ccccc2-c2ccccc21. The zero-order chi connectivity index (χ0) is 40.2. The quantitative estimate of drug-likeness (QED) is 0.0822. The summed E-state index contributed by atoms with van der Waals surface area (Å²) in [6, 6.07) is 41.6. The highest BCUT2D eigenvalue weighted by molar-refractivity contribution is 6.31. The zero-order valence-electron chi connectivity index (χ0n) is 33.3. The van der Waals surface area contributed by atoms with E-state index in [9.17, 15) is 9.59 Å². The average Bonchev–Trinajstić information content (AvgIpc) is 3.56. The first-order chi connectivity index (χ1) is 28.5. The summed E-state index contributed by atoms with van der Waals surface area (Å²) in [5.74, 6) is 2.48. The van der Waals surface area contributed by atoms with E-state index in [1.54, 1.807) is 0 Å². The first-order valence-electron chi connectivity index (χ1n) is 21.2. The normalized spacial score (nSPS) is 16.6. The Bertz CT molecular complexity index is 2120. The number of hydrogen-bond acceptors (Lipinski definition) is 4. The summed E-state index contributed by atoms with van der Waals surface area (Å²) < 4.78 is 12.6. The van der Waals surface area contributed by atoms with Crippen molar-refractivity contribution < 1.29 is 19.1 Å². The number of ether oxygens (including phenoxy) is 2. The molecule has 1 unspecified atom stereocenters. The Labute approximate surface area is 349 Å². The number of terminal acetylenes is 1. The summed E-state index contributed by atoms with van der Waals surface area (Å²) >= 11 is 7.02. The summed E-state index contributed by atoms with van der Waals surface area (Å²) in [5, 5.41) is 3.35. The third kappa shape index (κ3) is 9.52. The molecule has 0 saturated heterocycles. The lowest BCUT2D eigenvalue weighted by atomic mass is 9.78. The summed E-state index contributed by atoms with van der Waals surface area (Å²) in [6.45, 7) is 0.146. The highest BCUT2D eigenvalue weighted by atomic mass is 35.5. The largest absolute Gasteiger partial charge is 0.449 e. The molecule has 0 heterocycles. The number of carbonyl (C=O) groups is 2. The number of nitrogens with one attached hydrogen (secondary N) is 1. The van der Waals surface area contributed by atoms with Gasteiger partial charge in [0.15, 0.2) is 5.60 Å². The molecule has 58 heavy (non-hydrogen) atoms. The molecule has 7 rings (SSSR count). The molecule has 5 aromatic carbocycles. The van der Waals surface area contributed by atoms with E-state index >= 15 is 0 Å². The predicted octanol–water partition coefficient (Wildman–Crippen LogP) is 12.9. The Morgan fingerprint density at radius 1 is 0.690 bits per heavy atom. The topological polar surface area (TPSA) is 64.6 Å². The number of carbonyl (C=O) groups excluding carboxylic acids is 2. The molecule has 0 spiro atoms. The van der Waals surface area contributed by atoms with Crippen LogP contribution in [0.3, 0.4) is 0 Å². The molecule has 0 bridgehead atoms. The van der Waals surface area contributed by atoms with Crippen LogP contribution >= 0.6 is 11.6 Å². The van der Waals surface area contributed by atoms with Gasteiger partial charge in [-0.15, -0.1) is 12.3 Å². The van der Waals surface area contributed by atoms with Gasteiger partial charge >= 0.3 is 12.1 Å². The second-order valence-corrected chi connectivity index (χ2v) is 16.3. The van der Waals surface area contributed by atoms with Crippen molar-refractivity contribution >= 4 is 23.7 Å². The molecule has 2 atom stereocenters. The maximum absolute atomic E-state index is 14.4. The molecular weight excluding hydrogens is 738 g/mol. The third-order valence-electron chi connectivity index (χ3n) is 12.0. The monoisotopic (exact) mass is 791 g/mol. The van der Waals surface area contributed by atoms with Crippen LogP contribution in [-0.4, -0.2) is 24.7 Å². The molecule has 1 saturated carbocycles. The first-order valence-corrected chi connectivity index (χ1v) is 21.5. The fourth-order valence-corrected chi connectivity index (χ4v) is 9.36. The maximum Gasteiger partial charge on any atom is 0.407 e. The van der Waals surface area contributed by atoms with Crippen molar-refractivity contribution in [1.29, 1.82) is 0 Å². The van der Waals surface area contributed by atoms with Gasteiger partial charge in [0.25, 0.3) is 0 Å². The van der Waals surface area contributed by atoms with E-state index in [2.05, 4.69) is 59.8 Å². The van der Waals surface area contributed by atoms with Crippen molar-refractivity contribution in [2.45, 2.75) is 107 Å². The number of alkyl carbamates (subject to hydrolysis) is 1. The Hall–Kier alpha value is -5.31. The van der Waals surface area contributed by atoms with Gasteiger partial charge in [-0.3, -0.25) is 4.79 Å². The van der Waals surface area contributed by atoms with Gasteiger partial charge < -0.3 is 14.8 Å². The van der Waals surface area contributed by atoms with Crippen LogP contribution in [0.25, 0.3) is 11.1 Å². The van der Waals surface area contributed by atoms with E-state index < -0.39 is 23.7 Å². The summed E-state index contributed by atoms with van der Waals surface area (Å²) in [7, 11) is 0. The number of hydrogen-bond donors (Lipinski definition) is 1. The Kier molecular flexibility index (Phi) is 14.0. The standard InChI is InChI=1S/C52H54ClNO4/c1-2-21-42(54-51(56)57-37-47-45-28-17-15-26-43(45)44-27-16-18-29-46(44)47)36-50(55)58-52(40-24-13-10-14-25-40,48-30-19-20-31-49(48)53)41-34-32-39(33-35-41)38-22-11-8-6-4-3-5-7-9-12-23-38/h1,10,13-20,24-35,38,42,47H,3-9,11-12,21-23,36-37H2,(H,54,56)/t42-,52?/m1/s1. The molecule has 2 aliphatic carbocycles. The number of amides is 1. The van der Waals surface area contributed by atoms with Crippen LogP contribution in [0.5, 0.6) is 0 Å². The fourth-order valence-electron chi connectivity index (χ4n) is 9.09. The molecule has 1 N–H and O–H groups in total. The Morgan fingerprint density at radius 3 is 1.83 bits per heavy atom. The van der Waals surface area contributed by atoms with Crippen LogP contribution in [0.4, 0.5) is 4.79 Å². The summed E-state index contributed by atoms with van der Waals surface area (Å²) in [4.78, 5) is 27.8. The van der Waals surface area contributed by atoms with Crippen molar-refractivity contribution in [2.75, 3.05) is 6.61 Å². The highest BCUT2D eigenvalue weighted by Crippen LogP contribution is 2.46. The lowest BCUT2D eigenvalue weighted by Crippen LogP contribution is -2.40. The van der Waals surface area contributed by atoms with Crippen molar-refractivity contribution in [1.82, 2.24) is 5.32 Å². The second kappa shape index (κ2) is 19.9. The van der Waals surface area contributed by atoms with Crippen LogP contribution < -0.4 is 5.32 Å². The molecule has 0 radical (unpaired) electrons. The van der Waals surface area contributed by atoms with Crippen molar-refractivity contribution in [3.8, 4) is 23.5 Å². The van der Waals surface area contributed by atoms with Gasteiger partial charge in [-0.2, -0.15) is 0 Å². The number of benzene rings is 5. The van der Waals surface area contributed by atoms with Gasteiger partial charge in [0, 0.05) is 34.1 Å². The number of halogens is 1. The Morgan fingerprint density at radius 2 is 1.22 bits per heavy atom. The van der Waals surface area contributed by atoms with E-state index in [0.717, 1.165) is 33.4 Å². The Balaban J connectivity index is 1.12. The maximum atomic E-state index is 14.4. The van der Waals surface area contributed by atoms with E-state index in [1.165, 1.54) is 76.2 Å². The van der Waals surface area contributed by atoms with Gasteiger partial charge in [-0.25, -0.2) is 4.79 Å². The van der Waals surface area contributed by atoms with Crippen LogP contribution in [0, 0.1) is 12.3 Å². The van der Waals surface area contributed by atoms with Crippen LogP contribution in [-0.2, 0) is 19.9 Å². The van der Waals surface area contributed by atoms with Crippen LogP contribution in [0.15, 0.2) is 127 Å². The fraction of sp³-hybridized carbons (Fsp3) is 0.346. The van der Waals surface area contributed by atoms with E-state index in [0.29, 0.717) is 16.5 Å². The third-order valence-corrected chi connectivity index (χ3v) is 12.4. The molecule has 5 nitrogen and oxygen atoms in total.